The van der Waals surface area contributed by atoms with Gasteiger partial charge in [-0.05, 0) is 51.6 Å². The lowest BCUT2D eigenvalue weighted by Crippen LogP contribution is -2.24. The minimum atomic E-state index is -0.116. The van der Waals surface area contributed by atoms with Crippen LogP contribution in [0.15, 0.2) is 84.9 Å². The van der Waals surface area contributed by atoms with Gasteiger partial charge in [0.2, 0.25) is 0 Å². The molecule has 0 bridgehead atoms. The fourth-order valence-corrected chi connectivity index (χ4v) is 5.61. The van der Waals surface area contributed by atoms with Crippen molar-refractivity contribution in [3.63, 3.8) is 0 Å². The number of rotatable bonds is 1. The van der Waals surface area contributed by atoms with Crippen molar-refractivity contribution >= 4 is 0 Å². The molecule has 0 spiro atoms. The summed E-state index contributed by atoms with van der Waals surface area (Å²) in [4.78, 5) is 0. The SMILES string of the molecule is CC1(C)c2ccccc2Oc2ccc(-c3cccc4c3-c3ccccc3C4(C)C)cc21. The highest BCUT2D eigenvalue weighted by molar-refractivity contribution is 5.92. The van der Waals surface area contributed by atoms with Crippen LogP contribution in [0.2, 0.25) is 0 Å². The number of hydrogen-bond acceptors (Lipinski definition) is 1. The van der Waals surface area contributed by atoms with Gasteiger partial charge in [0, 0.05) is 22.0 Å². The normalized spacial score (nSPS) is 16.5. The molecule has 4 aromatic rings. The lowest BCUT2D eigenvalue weighted by atomic mass is 9.75. The van der Waals surface area contributed by atoms with Crippen LogP contribution in [0.3, 0.4) is 0 Å². The van der Waals surface area contributed by atoms with Gasteiger partial charge in [-0.15, -0.1) is 0 Å². The molecule has 0 aromatic heterocycles. The van der Waals surface area contributed by atoms with Gasteiger partial charge in [-0.2, -0.15) is 0 Å². The first-order valence-corrected chi connectivity index (χ1v) is 11.0. The van der Waals surface area contributed by atoms with Crippen LogP contribution in [0.25, 0.3) is 22.3 Å². The van der Waals surface area contributed by atoms with E-state index in [1.807, 2.05) is 6.07 Å². The maximum atomic E-state index is 6.29. The highest BCUT2D eigenvalue weighted by Crippen LogP contribution is 2.53. The maximum absolute atomic E-state index is 6.29. The predicted molar refractivity (Wildman–Crippen MR) is 128 cm³/mol. The molecular formula is C30H26O. The molecule has 1 heteroatoms. The second-order valence-electron chi connectivity index (χ2n) is 9.83. The number of para-hydroxylation sites is 1. The van der Waals surface area contributed by atoms with E-state index in [1.54, 1.807) is 0 Å². The average Bonchev–Trinajstić information content (AvgIpc) is 3.01. The van der Waals surface area contributed by atoms with Crippen LogP contribution >= 0.6 is 0 Å². The van der Waals surface area contributed by atoms with Crippen molar-refractivity contribution in [2.24, 2.45) is 0 Å². The first-order valence-electron chi connectivity index (χ1n) is 11.0. The van der Waals surface area contributed by atoms with E-state index >= 15 is 0 Å². The summed E-state index contributed by atoms with van der Waals surface area (Å²) in [5.74, 6) is 1.92. The molecule has 2 aliphatic rings. The van der Waals surface area contributed by atoms with Crippen LogP contribution in [-0.2, 0) is 10.8 Å². The number of ether oxygens (including phenoxy) is 1. The van der Waals surface area contributed by atoms with Crippen molar-refractivity contribution in [1.29, 1.82) is 0 Å². The molecule has 1 heterocycles. The fourth-order valence-electron chi connectivity index (χ4n) is 5.61. The van der Waals surface area contributed by atoms with Crippen molar-refractivity contribution in [3.05, 3.63) is 107 Å². The van der Waals surface area contributed by atoms with Gasteiger partial charge >= 0.3 is 0 Å². The summed E-state index contributed by atoms with van der Waals surface area (Å²) in [7, 11) is 0. The molecule has 0 saturated heterocycles. The third-order valence-corrected chi connectivity index (χ3v) is 7.35. The van der Waals surface area contributed by atoms with Gasteiger partial charge in [0.15, 0.2) is 0 Å². The zero-order valence-electron chi connectivity index (χ0n) is 18.5. The molecule has 4 aromatic carbocycles. The molecule has 6 rings (SSSR count). The minimum absolute atomic E-state index is 0.0114. The fraction of sp³-hybridized carbons (Fsp3) is 0.200. The van der Waals surface area contributed by atoms with Crippen molar-refractivity contribution in [3.8, 4) is 33.8 Å². The van der Waals surface area contributed by atoms with Gasteiger partial charge in [-0.1, -0.05) is 94.4 Å². The van der Waals surface area contributed by atoms with Crippen LogP contribution in [0.1, 0.15) is 49.9 Å². The first-order chi connectivity index (χ1) is 14.9. The summed E-state index contributed by atoms with van der Waals surface area (Å²) < 4.78 is 6.29. The van der Waals surface area contributed by atoms with E-state index in [1.165, 1.54) is 44.5 Å². The van der Waals surface area contributed by atoms with Crippen LogP contribution in [0, 0.1) is 0 Å². The van der Waals surface area contributed by atoms with E-state index in [0.717, 1.165) is 11.5 Å². The van der Waals surface area contributed by atoms with E-state index in [9.17, 15) is 0 Å². The maximum Gasteiger partial charge on any atom is 0.131 e. The monoisotopic (exact) mass is 402 g/mol. The molecule has 1 nitrogen and oxygen atoms in total. The second kappa shape index (κ2) is 6.11. The first kappa shape index (κ1) is 18.4. The molecule has 0 saturated carbocycles. The van der Waals surface area contributed by atoms with Gasteiger partial charge < -0.3 is 4.74 Å². The third-order valence-electron chi connectivity index (χ3n) is 7.35. The predicted octanol–water partition coefficient (Wildman–Crippen LogP) is 8.09. The summed E-state index contributed by atoms with van der Waals surface area (Å²) in [5.41, 5.74) is 10.5. The third kappa shape index (κ3) is 2.44. The van der Waals surface area contributed by atoms with E-state index < -0.39 is 0 Å². The van der Waals surface area contributed by atoms with Crippen LogP contribution < -0.4 is 4.74 Å². The molecule has 0 atom stereocenters. The lowest BCUT2D eigenvalue weighted by molar-refractivity contribution is 0.418. The number of hydrogen-bond donors (Lipinski definition) is 0. The second-order valence-corrected chi connectivity index (χ2v) is 9.83. The Balaban J connectivity index is 1.57. The molecule has 152 valence electrons. The summed E-state index contributed by atoms with van der Waals surface area (Å²) in [6.45, 7) is 9.26. The standard InChI is InChI=1S/C30H26O/c1-29(2)22-12-6-5-10-21(22)28-20(11-9-14-24(28)29)19-16-17-27-25(18-19)30(3,4)23-13-7-8-15-26(23)31-27/h5-18H,1-4H3. The zero-order valence-corrected chi connectivity index (χ0v) is 18.5. The molecule has 1 aliphatic heterocycles. The van der Waals surface area contributed by atoms with E-state index in [0.29, 0.717) is 0 Å². The molecule has 0 amide bonds. The van der Waals surface area contributed by atoms with Crippen molar-refractivity contribution in [2.45, 2.75) is 38.5 Å². The number of fused-ring (bicyclic) bond motifs is 5. The van der Waals surface area contributed by atoms with Crippen molar-refractivity contribution in [2.75, 3.05) is 0 Å². The quantitative estimate of drug-likeness (QED) is 0.312. The van der Waals surface area contributed by atoms with Crippen LogP contribution in [0.5, 0.6) is 11.5 Å². The summed E-state index contributed by atoms with van der Waals surface area (Å²) in [6.07, 6.45) is 0. The Hall–Kier alpha value is -3.32. The van der Waals surface area contributed by atoms with Gasteiger partial charge in [0.25, 0.3) is 0 Å². The Morgan fingerprint density at radius 1 is 0.516 bits per heavy atom. The zero-order chi connectivity index (χ0) is 21.4. The molecule has 0 fully saturated rings. The molecular weight excluding hydrogens is 376 g/mol. The Labute approximate surface area is 184 Å². The van der Waals surface area contributed by atoms with E-state index in [-0.39, 0.29) is 10.8 Å². The highest BCUT2D eigenvalue weighted by Gasteiger charge is 2.37. The molecule has 0 radical (unpaired) electrons. The van der Waals surface area contributed by atoms with Gasteiger partial charge in [-0.25, -0.2) is 0 Å². The minimum Gasteiger partial charge on any atom is -0.457 e. The van der Waals surface area contributed by atoms with Gasteiger partial charge in [0.1, 0.15) is 11.5 Å². The Bertz CT molecular complexity index is 1360. The Kier molecular flexibility index (Phi) is 3.63. The summed E-state index contributed by atoms with van der Waals surface area (Å²) >= 11 is 0. The average molecular weight is 403 g/mol. The lowest BCUT2D eigenvalue weighted by Gasteiger charge is -2.34. The smallest absolute Gasteiger partial charge is 0.131 e. The number of benzene rings is 4. The van der Waals surface area contributed by atoms with Gasteiger partial charge in [0.05, 0.1) is 0 Å². The van der Waals surface area contributed by atoms with Crippen LogP contribution in [-0.4, -0.2) is 0 Å². The summed E-state index contributed by atoms with van der Waals surface area (Å²) in [6, 6.07) is 30.7. The molecule has 0 unspecified atom stereocenters. The van der Waals surface area contributed by atoms with Crippen molar-refractivity contribution in [1.82, 2.24) is 0 Å². The van der Waals surface area contributed by atoms with Crippen LogP contribution in [0.4, 0.5) is 0 Å². The largest absolute Gasteiger partial charge is 0.457 e. The summed E-state index contributed by atoms with van der Waals surface area (Å²) in [5, 5.41) is 0. The molecule has 31 heavy (non-hydrogen) atoms. The Morgan fingerprint density at radius 3 is 1.97 bits per heavy atom. The highest BCUT2D eigenvalue weighted by atomic mass is 16.5. The topological polar surface area (TPSA) is 9.23 Å². The van der Waals surface area contributed by atoms with E-state index in [4.69, 9.17) is 4.74 Å². The van der Waals surface area contributed by atoms with Gasteiger partial charge in [-0.3, -0.25) is 0 Å². The van der Waals surface area contributed by atoms with Crippen molar-refractivity contribution < 1.29 is 4.74 Å². The van der Waals surface area contributed by atoms with E-state index in [2.05, 4.69) is 107 Å². The molecule has 1 aliphatic carbocycles. The molecule has 0 N–H and O–H groups in total. The Morgan fingerprint density at radius 2 is 1.13 bits per heavy atom.